The highest BCUT2D eigenvalue weighted by molar-refractivity contribution is 6.37. The lowest BCUT2D eigenvalue weighted by atomic mass is 9.80. The number of rotatable bonds is 9. The number of carbonyl (C=O) groups is 5. The maximum atomic E-state index is 14.2. The number of likely N-dealkylation sites (tertiary alicyclic amines) is 2. The van der Waals surface area contributed by atoms with Gasteiger partial charge in [0.05, 0.1) is 6.04 Å². The summed E-state index contributed by atoms with van der Waals surface area (Å²) in [5, 5.41) is 5.92. The van der Waals surface area contributed by atoms with E-state index in [-0.39, 0.29) is 41.0 Å². The van der Waals surface area contributed by atoms with Crippen molar-refractivity contribution >= 4 is 29.5 Å². The molecule has 3 saturated carbocycles. The number of Topliss-reactive ketones (excluding diaryl/α,β-unsaturated/α-hetero) is 1. The van der Waals surface area contributed by atoms with Gasteiger partial charge in [-0.15, -0.1) is 0 Å². The molecule has 4 N–H and O–H groups in total. The van der Waals surface area contributed by atoms with E-state index in [1.54, 1.807) is 9.80 Å². The van der Waals surface area contributed by atoms with E-state index in [2.05, 4.69) is 24.5 Å². The Morgan fingerprint density at radius 3 is 2.15 bits per heavy atom. The number of ketones is 1. The standard InChI is InChI=1S/C29H45N5O5/c1-29(2)19-16-34(23(21(19)29)26(37)31-20(24(35)25(30)36)15-17-9-8-10-17)27(38)22(18-11-4-3-5-12-18)32-28(39)33-13-6-7-14-33/h17-23H,3-16H2,1-2H3,(H2,30,36)(H,31,37)(H,32,39)/t19?,20?,21?,22-,23-/m0/s1. The topological polar surface area (TPSA) is 142 Å². The van der Waals surface area contributed by atoms with Gasteiger partial charge in [0, 0.05) is 19.6 Å². The molecule has 5 aliphatic rings. The lowest BCUT2D eigenvalue weighted by Gasteiger charge is -2.38. The molecule has 0 aromatic heterocycles. The first-order valence-electron chi connectivity index (χ1n) is 15.1. The zero-order chi connectivity index (χ0) is 27.9. The fraction of sp³-hybridized carbons (Fsp3) is 0.828. The molecule has 0 radical (unpaired) electrons. The summed E-state index contributed by atoms with van der Waals surface area (Å²) in [5.41, 5.74) is 5.23. The van der Waals surface area contributed by atoms with Crippen LogP contribution in [0, 0.1) is 29.1 Å². The number of primary amides is 1. The van der Waals surface area contributed by atoms with Gasteiger partial charge in [0.1, 0.15) is 12.1 Å². The van der Waals surface area contributed by atoms with Crippen LogP contribution in [0.1, 0.15) is 84.5 Å². The van der Waals surface area contributed by atoms with Crippen molar-refractivity contribution in [3.8, 4) is 0 Å². The molecule has 5 fully saturated rings. The van der Waals surface area contributed by atoms with Gasteiger partial charge in [0.2, 0.25) is 17.6 Å². The van der Waals surface area contributed by atoms with Crippen LogP contribution in [-0.4, -0.2) is 77.1 Å². The zero-order valence-corrected chi connectivity index (χ0v) is 23.5. The molecule has 3 aliphatic carbocycles. The van der Waals surface area contributed by atoms with Crippen molar-refractivity contribution in [3.63, 3.8) is 0 Å². The number of nitrogens with one attached hydrogen (secondary N) is 2. The van der Waals surface area contributed by atoms with Crippen molar-refractivity contribution < 1.29 is 24.0 Å². The molecule has 216 valence electrons. The number of amides is 5. The zero-order valence-electron chi connectivity index (χ0n) is 23.5. The fourth-order valence-electron chi connectivity index (χ4n) is 7.71. The molecule has 0 aromatic carbocycles. The van der Waals surface area contributed by atoms with Crippen molar-refractivity contribution in [2.45, 2.75) is 103 Å². The predicted molar refractivity (Wildman–Crippen MR) is 144 cm³/mol. The average Bonchev–Trinajstić information content (AvgIpc) is 3.35. The number of fused-ring (bicyclic) bond motifs is 1. The summed E-state index contributed by atoms with van der Waals surface area (Å²) in [6.45, 7) is 6.06. The summed E-state index contributed by atoms with van der Waals surface area (Å²) in [5.74, 6) is -1.97. The molecule has 10 heteroatoms. The van der Waals surface area contributed by atoms with E-state index >= 15 is 0 Å². The predicted octanol–water partition coefficient (Wildman–Crippen LogP) is 1.95. The number of piperidine rings is 1. The van der Waals surface area contributed by atoms with Crippen molar-refractivity contribution in [3.05, 3.63) is 0 Å². The Bertz CT molecular complexity index is 998. The quantitative estimate of drug-likeness (QED) is 0.381. The van der Waals surface area contributed by atoms with Crippen LogP contribution in [0.5, 0.6) is 0 Å². The first-order valence-corrected chi connectivity index (χ1v) is 15.1. The Morgan fingerprint density at radius 1 is 0.897 bits per heavy atom. The Balaban J connectivity index is 1.36. The van der Waals surface area contributed by atoms with Gasteiger partial charge in [0.25, 0.3) is 5.91 Å². The number of carbonyl (C=O) groups excluding carboxylic acids is 5. The van der Waals surface area contributed by atoms with E-state index in [0.717, 1.165) is 64.2 Å². The molecule has 10 nitrogen and oxygen atoms in total. The molecule has 2 heterocycles. The summed E-state index contributed by atoms with van der Waals surface area (Å²) < 4.78 is 0. The lowest BCUT2D eigenvalue weighted by Crippen LogP contribution is -2.60. The minimum Gasteiger partial charge on any atom is -0.363 e. The second-order valence-electron chi connectivity index (χ2n) is 13.2. The summed E-state index contributed by atoms with van der Waals surface area (Å²) in [6.07, 6.45) is 10.2. The summed E-state index contributed by atoms with van der Waals surface area (Å²) in [6, 6.07) is -2.58. The Kier molecular flexibility index (Phi) is 7.93. The molecule has 2 aliphatic heterocycles. The van der Waals surface area contributed by atoms with E-state index in [9.17, 15) is 24.0 Å². The average molecular weight is 544 g/mol. The third-order valence-corrected chi connectivity index (χ3v) is 10.5. The molecule has 3 unspecified atom stereocenters. The molecule has 5 amide bonds. The van der Waals surface area contributed by atoms with Gasteiger partial charge >= 0.3 is 6.03 Å². The van der Waals surface area contributed by atoms with E-state index < -0.39 is 35.7 Å². The van der Waals surface area contributed by atoms with Crippen LogP contribution in [-0.2, 0) is 19.2 Å². The maximum absolute atomic E-state index is 14.2. The monoisotopic (exact) mass is 543 g/mol. The van der Waals surface area contributed by atoms with Crippen LogP contribution in [0.3, 0.4) is 0 Å². The van der Waals surface area contributed by atoms with Crippen LogP contribution >= 0.6 is 0 Å². The van der Waals surface area contributed by atoms with E-state index in [1.807, 2.05) is 0 Å². The SMILES string of the molecule is CC1(C)C2CN(C(=O)[C@@H](NC(=O)N3CCCC3)C3CCCCC3)[C@H](C(=O)NC(CC3CCC3)C(=O)C(N)=O)C21. The minimum absolute atomic E-state index is 0.0317. The molecule has 5 rings (SSSR count). The van der Waals surface area contributed by atoms with E-state index in [1.165, 1.54) is 0 Å². The first kappa shape index (κ1) is 27.9. The molecule has 2 saturated heterocycles. The molecule has 0 spiro atoms. The van der Waals surface area contributed by atoms with Gasteiger partial charge in [-0.2, -0.15) is 0 Å². The largest absolute Gasteiger partial charge is 0.363 e. The van der Waals surface area contributed by atoms with Gasteiger partial charge in [-0.1, -0.05) is 52.4 Å². The van der Waals surface area contributed by atoms with Crippen LogP contribution in [0.15, 0.2) is 0 Å². The second-order valence-corrected chi connectivity index (χ2v) is 13.2. The molecule has 5 atom stereocenters. The van der Waals surface area contributed by atoms with Crippen LogP contribution in [0.2, 0.25) is 0 Å². The van der Waals surface area contributed by atoms with Gasteiger partial charge < -0.3 is 26.2 Å². The summed E-state index contributed by atoms with van der Waals surface area (Å²) >= 11 is 0. The third-order valence-electron chi connectivity index (χ3n) is 10.5. The van der Waals surface area contributed by atoms with Crippen LogP contribution < -0.4 is 16.4 Å². The molecule has 0 bridgehead atoms. The molecule has 39 heavy (non-hydrogen) atoms. The Morgan fingerprint density at radius 2 is 1.56 bits per heavy atom. The van der Waals surface area contributed by atoms with Crippen molar-refractivity contribution in [2.75, 3.05) is 19.6 Å². The highest BCUT2D eigenvalue weighted by atomic mass is 16.2. The highest BCUT2D eigenvalue weighted by Crippen LogP contribution is 2.65. The number of hydrogen-bond donors (Lipinski definition) is 3. The Hall–Kier alpha value is -2.65. The maximum Gasteiger partial charge on any atom is 0.318 e. The smallest absolute Gasteiger partial charge is 0.318 e. The van der Waals surface area contributed by atoms with E-state index in [0.29, 0.717) is 26.1 Å². The van der Waals surface area contributed by atoms with Crippen LogP contribution in [0.25, 0.3) is 0 Å². The molecular formula is C29H45N5O5. The lowest BCUT2D eigenvalue weighted by molar-refractivity contribution is -0.144. The van der Waals surface area contributed by atoms with Crippen molar-refractivity contribution in [1.82, 2.24) is 20.4 Å². The summed E-state index contributed by atoms with van der Waals surface area (Å²) in [7, 11) is 0. The van der Waals surface area contributed by atoms with Crippen LogP contribution in [0.4, 0.5) is 4.79 Å². The minimum atomic E-state index is -1.05. The number of hydrogen-bond acceptors (Lipinski definition) is 5. The van der Waals surface area contributed by atoms with Gasteiger partial charge in [-0.25, -0.2) is 4.79 Å². The van der Waals surface area contributed by atoms with Crippen molar-refractivity contribution in [1.29, 1.82) is 0 Å². The second kappa shape index (κ2) is 11.1. The third kappa shape index (κ3) is 5.53. The van der Waals surface area contributed by atoms with Crippen molar-refractivity contribution in [2.24, 2.45) is 34.8 Å². The Labute approximate surface area is 231 Å². The highest BCUT2D eigenvalue weighted by Gasteiger charge is 2.69. The number of nitrogens with zero attached hydrogens (tertiary/aromatic N) is 2. The van der Waals surface area contributed by atoms with Gasteiger partial charge in [0.15, 0.2) is 0 Å². The molecular weight excluding hydrogens is 498 g/mol. The molecule has 0 aromatic rings. The fourth-order valence-corrected chi connectivity index (χ4v) is 7.71. The van der Waals surface area contributed by atoms with E-state index in [4.69, 9.17) is 5.73 Å². The normalized spacial score (nSPS) is 29.6. The van der Waals surface area contributed by atoms with Gasteiger partial charge in [-0.05, 0) is 61.2 Å². The summed E-state index contributed by atoms with van der Waals surface area (Å²) in [4.78, 5) is 69.0. The number of urea groups is 1. The first-order chi connectivity index (χ1) is 18.6. The van der Waals surface area contributed by atoms with Gasteiger partial charge in [-0.3, -0.25) is 19.2 Å². The number of nitrogens with two attached hydrogens (primary N) is 1.